The second-order valence-electron chi connectivity index (χ2n) is 5.79. The minimum atomic E-state index is -0.239. The van der Waals surface area contributed by atoms with Crippen molar-refractivity contribution in [3.8, 4) is 5.69 Å². The number of hydrogen-bond donors (Lipinski definition) is 0. The van der Waals surface area contributed by atoms with Crippen LogP contribution in [0.15, 0.2) is 36.7 Å². The molecule has 23 heavy (non-hydrogen) atoms. The van der Waals surface area contributed by atoms with Gasteiger partial charge in [-0.25, -0.2) is 9.97 Å². The number of halogens is 1. The highest BCUT2D eigenvalue weighted by atomic mass is 19.1. The monoisotopic (exact) mass is 312 g/mol. The maximum Gasteiger partial charge on any atom is 0.189 e. The number of para-hydroxylation sites is 1. The van der Waals surface area contributed by atoms with Crippen molar-refractivity contribution in [3.05, 3.63) is 36.7 Å². The van der Waals surface area contributed by atoms with Crippen LogP contribution < -0.4 is 4.90 Å². The molecule has 0 radical (unpaired) electrons. The fraction of sp³-hybridized carbons (Fsp3) is 0.375. The van der Waals surface area contributed by atoms with Crippen LogP contribution >= 0.6 is 0 Å². The molecular weight excluding hydrogens is 295 g/mol. The third-order valence-corrected chi connectivity index (χ3v) is 4.35. The van der Waals surface area contributed by atoms with Crippen molar-refractivity contribution in [2.45, 2.75) is 12.8 Å². The lowest BCUT2D eigenvalue weighted by Crippen LogP contribution is -2.35. The molecule has 4 rings (SSSR count). The van der Waals surface area contributed by atoms with E-state index in [1.807, 2.05) is 30.3 Å². The fourth-order valence-corrected chi connectivity index (χ4v) is 3.01. The minimum Gasteiger partial charge on any atom is -0.355 e. The van der Waals surface area contributed by atoms with E-state index in [0.717, 1.165) is 37.4 Å². The first-order chi connectivity index (χ1) is 11.4. The van der Waals surface area contributed by atoms with Crippen LogP contribution in [0.2, 0.25) is 0 Å². The summed E-state index contributed by atoms with van der Waals surface area (Å²) in [5, 5.41) is 8.51. The topological polar surface area (TPSA) is 59.7 Å². The molecule has 0 bridgehead atoms. The third kappa shape index (κ3) is 2.52. The second-order valence-corrected chi connectivity index (χ2v) is 5.79. The molecule has 2 aromatic heterocycles. The van der Waals surface area contributed by atoms with Gasteiger partial charge in [-0.2, -0.15) is 4.68 Å². The molecule has 6 nitrogen and oxygen atoms in total. The number of nitrogens with zero attached hydrogens (tertiary/aromatic N) is 6. The van der Waals surface area contributed by atoms with Gasteiger partial charge in [0.15, 0.2) is 17.0 Å². The number of rotatable bonds is 3. The summed E-state index contributed by atoms with van der Waals surface area (Å²) < 4.78 is 14.5. The van der Waals surface area contributed by atoms with E-state index in [1.165, 1.54) is 0 Å². The molecule has 1 aliphatic rings. The maximum atomic E-state index is 12.8. The van der Waals surface area contributed by atoms with Crippen molar-refractivity contribution in [2.75, 3.05) is 24.7 Å². The van der Waals surface area contributed by atoms with Crippen LogP contribution in [-0.2, 0) is 0 Å². The van der Waals surface area contributed by atoms with Crippen molar-refractivity contribution in [3.63, 3.8) is 0 Å². The average molecular weight is 312 g/mol. The Balaban J connectivity index is 1.71. The predicted octanol–water partition coefficient (Wildman–Crippen LogP) is 2.40. The number of benzene rings is 1. The van der Waals surface area contributed by atoms with Crippen molar-refractivity contribution in [1.29, 1.82) is 0 Å². The molecule has 3 heterocycles. The Kier molecular flexibility index (Phi) is 3.61. The number of alkyl halides is 1. The average Bonchev–Trinajstić information content (AvgIpc) is 3.07. The summed E-state index contributed by atoms with van der Waals surface area (Å²) >= 11 is 0. The molecule has 1 aromatic carbocycles. The van der Waals surface area contributed by atoms with Gasteiger partial charge in [-0.05, 0) is 30.9 Å². The summed E-state index contributed by atoms with van der Waals surface area (Å²) in [6.07, 6.45) is 3.23. The molecule has 0 amide bonds. The standard InChI is InChI=1S/C16H17FN6/c17-10-12-6-8-22(9-7-12)15-14-16(19-11-18-15)23(21-20-14)13-4-2-1-3-5-13/h1-5,11-12H,6-10H2. The van der Waals surface area contributed by atoms with Crippen molar-refractivity contribution in [1.82, 2.24) is 25.0 Å². The predicted molar refractivity (Wildman–Crippen MR) is 85.4 cm³/mol. The van der Waals surface area contributed by atoms with E-state index in [4.69, 9.17) is 0 Å². The lowest BCUT2D eigenvalue weighted by molar-refractivity contribution is 0.307. The SMILES string of the molecule is FCC1CCN(c2ncnc3c2nnn3-c2ccccc2)CC1. The molecular formula is C16H17FN6. The summed E-state index contributed by atoms with van der Waals surface area (Å²) in [5.41, 5.74) is 2.29. The first-order valence-corrected chi connectivity index (χ1v) is 7.79. The third-order valence-electron chi connectivity index (χ3n) is 4.35. The quantitative estimate of drug-likeness (QED) is 0.743. The van der Waals surface area contributed by atoms with E-state index in [0.29, 0.717) is 11.2 Å². The molecule has 0 saturated carbocycles. The van der Waals surface area contributed by atoms with Crippen LogP contribution in [-0.4, -0.2) is 44.7 Å². The zero-order chi connectivity index (χ0) is 15.6. The van der Waals surface area contributed by atoms with Gasteiger partial charge in [0.25, 0.3) is 0 Å². The summed E-state index contributed by atoms with van der Waals surface area (Å²) in [4.78, 5) is 10.9. The maximum absolute atomic E-state index is 12.8. The van der Waals surface area contributed by atoms with Gasteiger partial charge in [-0.15, -0.1) is 5.10 Å². The number of hydrogen-bond acceptors (Lipinski definition) is 5. The van der Waals surface area contributed by atoms with Crippen LogP contribution in [0.1, 0.15) is 12.8 Å². The van der Waals surface area contributed by atoms with E-state index in [1.54, 1.807) is 11.0 Å². The lowest BCUT2D eigenvalue weighted by atomic mass is 9.98. The molecule has 0 unspecified atom stereocenters. The van der Waals surface area contributed by atoms with Crippen LogP contribution in [0.4, 0.5) is 10.2 Å². The zero-order valence-corrected chi connectivity index (χ0v) is 12.6. The molecule has 3 aromatic rings. The molecule has 7 heteroatoms. The van der Waals surface area contributed by atoms with Crippen LogP contribution in [0.5, 0.6) is 0 Å². The van der Waals surface area contributed by atoms with Crippen LogP contribution in [0.25, 0.3) is 16.9 Å². The van der Waals surface area contributed by atoms with Gasteiger partial charge in [-0.1, -0.05) is 23.4 Å². The van der Waals surface area contributed by atoms with Crippen molar-refractivity contribution >= 4 is 17.0 Å². The Morgan fingerprint density at radius 2 is 1.87 bits per heavy atom. The first-order valence-electron chi connectivity index (χ1n) is 7.79. The highest BCUT2D eigenvalue weighted by Gasteiger charge is 2.23. The van der Waals surface area contributed by atoms with E-state index in [2.05, 4.69) is 25.2 Å². The van der Waals surface area contributed by atoms with E-state index in [9.17, 15) is 4.39 Å². The van der Waals surface area contributed by atoms with Gasteiger partial charge < -0.3 is 4.90 Å². The Labute approximate surface area is 133 Å². The molecule has 0 spiro atoms. The molecule has 118 valence electrons. The zero-order valence-electron chi connectivity index (χ0n) is 12.6. The smallest absolute Gasteiger partial charge is 0.189 e. The van der Waals surface area contributed by atoms with Gasteiger partial charge >= 0.3 is 0 Å². The lowest BCUT2D eigenvalue weighted by Gasteiger charge is -2.31. The number of piperidine rings is 1. The van der Waals surface area contributed by atoms with Gasteiger partial charge in [0, 0.05) is 13.1 Å². The highest BCUT2D eigenvalue weighted by Crippen LogP contribution is 2.27. The van der Waals surface area contributed by atoms with Gasteiger partial charge in [-0.3, -0.25) is 4.39 Å². The summed E-state index contributed by atoms with van der Waals surface area (Å²) in [6, 6.07) is 9.78. The van der Waals surface area contributed by atoms with Gasteiger partial charge in [0.05, 0.1) is 12.4 Å². The van der Waals surface area contributed by atoms with E-state index >= 15 is 0 Å². The van der Waals surface area contributed by atoms with E-state index in [-0.39, 0.29) is 12.6 Å². The molecule has 1 saturated heterocycles. The molecule has 0 aliphatic carbocycles. The summed E-state index contributed by atoms with van der Waals surface area (Å²) in [6.45, 7) is 1.34. The number of fused-ring (bicyclic) bond motifs is 1. The Bertz CT molecular complexity index is 795. The largest absolute Gasteiger partial charge is 0.355 e. The van der Waals surface area contributed by atoms with E-state index < -0.39 is 0 Å². The van der Waals surface area contributed by atoms with Crippen molar-refractivity contribution < 1.29 is 4.39 Å². The van der Waals surface area contributed by atoms with Crippen LogP contribution in [0, 0.1) is 5.92 Å². The molecule has 0 atom stereocenters. The molecule has 1 fully saturated rings. The minimum absolute atomic E-state index is 0.170. The van der Waals surface area contributed by atoms with Gasteiger partial charge in [0.2, 0.25) is 0 Å². The Morgan fingerprint density at radius 3 is 2.61 bits per heavy atom. The van der Waals surface area contributed by atoms with Crippen molar-refractivity contribution in [2.24, 2.45) is 5.92 Å². The summed E-state index contributed by atoms with van der Waals surface area (Å²) in [5.74, 6) is 0.957. The number of anilines is 1. The van der Waals surface area contributed by atoms with Crippen LogP contribution in [0.3, 0.4) is 0 Å². The normalized spacial score (nSPS) is 16.1. The Morgan fingerprint density at radius 1 is 1.09 bits per heavy atom. The van der Waals surface area contributed by atoms with Gasteiger partial charge in [0.1, 0.15) is 6.33 Å². The molecule has 0 N–H and O–H groups in total. The fourth-order valence-electron chi connectivity index (χ4n) is 3.01. The second kappa shape index (κ2) is 5.91. The number of aromatic nitrogens is 5. The summed E-state index contributed by atoms with van der Waals surface area (Å²) in [7, 11) is 0. The highest BCUT2D eigenvalue weighted by molar-refractivity contribution is 5.83. The Hall–Kier alpha value is -2.57. The molecule has 1 aliphatic heterocycles. The first kappa shape index (κ1) is 14.0.